The molecule has 0 unspecified atom stereocenters. The standard InChI is InChI=1S/C7H7NO4/c1-12-6-5(7(10)11)4(9)2-3-8-6/h2-3H,1H3,(H,8,9)(H,10,11). The molecule has 1 aromatic rings. The van der Waals surface area contributed by atoms with E-state index in [9.17, 15) is 9.59 Å². The Kier molecular flexibility index (Phi) is 2.14. The van der Waals surface area contributed by atoms with Crippen LogP contribution in [-0.4, -0.2) is 23.2 Å². The van der Waals surface area contributed by atoms with E-state index in [-0.39, 0.29) is 11.4 Å². The molecule has 0 atom stereocenters. The summed E-state index contributed by atoms with van der Waals surface area (Å²) >= 11 is 0. The van der Waals surface area contributed by atoms with Crippen molar-refractivity contribution >= 4 is 5.97 Å². The van der Waals surface area contributed by atoms with Crippen molar-refractivity contribution in [3.8, 4) is 5.88 Å². The molecule has 0 bridgehead atoms. The van der Waals surface area contributed by atoms with E-state index in [2.05, 4.69) is 9.72 Å². The number of ether oxygens (including phenoxy) is 1. The van der Waals surface area contributed by atoms with E-state index in [0.29, 0.717) is 0 Å². The number of carboxylic acid groups (broad SMARTS) is 1. The number of carboxylic acids is 1. The highest BCUT2D eigenvalue weighted by atomic mass is 16.5. The zero-order chi connectivity index (χ0) is 9.14. The van der Waals surface area contributed by atoms with Gasteiger partial charge in [-0.2, -0.15) is 0 Å². The van der Waals surface area contributed by atoms with Gasteiger partial charge in [0, 0.05) is 12.3 Å². The quantitative estimate of drug-likeness (QED) is 0.657. The third-order valence-electron chi connectivity index (χ3n) is 1.34. The van der Waals surface area contributed by atoms with Crippen molar-refractivity contribution in [1.82, 2.24) is 4.98 Å². The van der Waals surface area contributed by atoms with Crippen molar-refractivity contribution in [2.45, 2.75) is 0 Å². The third kappa shape index (κ3) is 1.29. The smallest absolute Gasteiger partial charge is 0.345 e. The summed E-state index contributed by atoms with van der Waals surface area (Å²) in [5.74, 6) is -1.33. The van der Waals surface area contributed by atoms with Crippen LogP contribution in [0.1, 0.15) is 10.4 Å². The van der Waals surface area contributed by atoms with E-state index in [1.165, 1.54) is 13.3 Å². The highest BCUT2D eigenvalue weighted by molar-refractivity contribution is 5.89. The van der Waals surface area contributed by atoms with Gasteiger partial charge in [0.2, 0.25) is 5.88 Å². The van der Waals surface area contributed by atoms with Gasteiger partial charge in [-0.25, -0.2) is 4.79 Å². The van der Waals surface area contributed by atoms with Crippen LogP contribution < -0.4 is 10.2 Å². The molecular weight excluding hydrogens is 162 g/mol. The van der Waals surface area contributed by atoms with Crippen LogP contribution >= 0.6 is 0 Å². The summed E-state index contributed by atoms with van der Waals surface area (Å²) in [6.07, 6.45) is 1.33. The van der Waals surface area contributed by atoms with Gasteiger partial charge < -0.3 is 14.8 Å². The van der Waals surface area contributed by atoms with Crippen molar-refractivity contribution in [3.05, 3.63) is 28.0 Å². The molecule has 5 nitrogen and oxygen atoms in total. The molecule has 0 saturated carbocycles. The second-order valence-electron chi connectivity index (χ2n) is 2.06. The van der Waals surface area contributed by atoms with E-state index in [0.717, 1.165) is 6.07 Å². The van der Waals surface area contributed by atoms with E-state index in [1.807, 2.05) is 0 Å². The van der Waals surface area contributed by atoms with Gasteiger partial charge in [0.25, 0.3) is 0 Å². The normalized spacial score (nSPS) is 9.42. The topological polar surface area (TPSA) is 79.4 Å². The van der Waals surface area contributed by atoms with Gasteiger partial charge in [0.15, 0.2) is 11.0 Å². The molecule has 0 aromatic carbocycles. The number of methoxy groups -OCH3 is 1. The Bertz CT molecular complexity index is 355. The first-order valence-corrected chi connectivity index (χ1v) is 3.15. The minimum Gasteiger partial charge on any atom is -0.482 e. The van der Waals surface area contributed by atoms with E-state index in [1.54, 1.807) is 0 Å². The van der Waals surface area contributed by atoms with Crippen LogP contribution in [0.4, 0.5) is 0 Å². The van der Waals surface area contributed by atoms with Crippen LogP contribution in [0.15, 0.2) is 17.1 Å². The minimum atomic E-state index is -1.30. The number of rotatable bonds is 2. The number of nitrogens with one attached hydrogen (secondary N) is 1. The predicted octanol–water partition coefficient (Wildman–Crippen LogP) is 0.0817. The summed E-state index contributed by atoms with van der Waals surface area (Å²) in [5.41, 5.74) is -0.946. The Hall–Kier alpha value is -1.78. The molecule has 1 rings (SSSR count). The number of hydrogen-bond acceptors (Lipinski definition) is 3. The monoisotopic (exact) mass is 169 g/mol. The maximum Gasteiger partial charge on any atom is 0.345 e. The van der Waals surface area contributed by atoms with Crippen molar-refractivity contribution in [2.75, 3.05) is 7.11 Å². The first kappa shape index (κ1) is 8.32. The summed E-state index contributed by atoms with van der Waals surface area (Å²) < 4.78 is 4.65. The second-order valence-corrected chi connectivity index (χ2v) is 2.06. The molecular formula is C7H7NO4. The van der Waals surface area contributed by atoms with Gasteiger partial charge in [0.05, 0.1) is 7.11 Å². The molecule has 0 fully saturated rings. The Morgan fingerprint density at radius 2 is 2.33 bits per heavy atom. The number of carbonyl (C=O) groups is 1. The molecule has 64 valence electrons. The van der Waals surface area contributed by atoms with Crippen molar-refractivity contribution in [2.24, 2.45) is 0 Å². The fourth-order valence-electron chi connectivity index (χ4n) is 0.824. The Balaban J connectivity index is 3.40. The molecule has 0 saturated heterocycles. The maximum absolute atomic E-state index is 11.0. The van der Waals surface area contributed by atoms with Gasteiger partial charge >= 0.3 is 5.97 Å². The summed E-state index contributed by atoms with van der Waals surface area (Å²) in [6, 6.07) is 1.13. The molecule has 0 amide bonds. The van der Waals surface area contributed by atoms with Crippen molar-refractivity contribution in [1.29, 1.82) is 0 Å². The number of aromatic amines is 1. The van der Waals surface area contributed by atoms with E-state index < -0.39 is 11.4 Å². The first-order valence-electron chi connectivity index (χ1n) is 3.15. The van der Waals surface area contributed by atoms with Crippen molar-refractivity contribution in [3.63, 3.8) is 0 Å². The molecule has 2 N–H and O–H groups in total. The highest BCUT2D eigenvalue weighted by Gasteiger charge is 2.14. The molecule has 12 heavy (non-hydrogen) atoms. The lowest BCUT2D eigenvalue weighted by Gasteiger charge is -2.01. The van der Waals surface area contributed by atoms with Crippen LogP contribution in [0.2, 0.25) is 0 Å². The molecule has 0 aliphatic heterocycles. The third-order valence-corrected chi connectivity index (χ3v) is 1.34. The fourth-order valence-corrected chi connectivity index (χ4v) is 0.824. The molecule has 0 aliphatic carbocycles. The Morgan fingerprint density at radius 1 is 1.67 bits per heavy atom. The number of pyridine rings is 1. The molecule has 1 heterocycles. The van der Waals surface area contributed by atoms with Crippen molar-refractivity contribution < 1.29 is 14.6 Å². The van der Waals surface area contributed by atoms with Crippen LogP contribution in [0.3, 0.4) is 0 Å². The predicted molar refractivity (Wildman–Crippen MR) is 40.6 cm³/mol. The lowest BCUT2D eigenvalue weighted by molar-refractivity contribution is 0.0691. The fraction of sp³-hybridized carbons (Fsp3) is 0.143. The SMILES string of the molecule is COc1[nH]ccc(=O)c1C(=O)O. The average molecular weight is 169 g/mol. The van der Waals surface area contributed by atoms with Gasteiger partial charge in [0.1, 0.15) is 0 Å². The molecule has 0 radical (unpaired) electrons. The van der Waals surface area contributed by atoms with Crippen LogP contribution in [-0.2, 0) is 0 Å². The lowest BCUT2D eigenvalue weighted by atomic mass is 10.2. The molecule has 0 aliphatic rings. The Labute approximate surface area is 67.6 Å². The summed E-state index contributed by atoms with van der Waals surface area (Å²) in [5, 5.41) is 8.58. The maximum atomic E-state index is 11.0. The second kappa shape index (κ2) is 3.08. The highest BCUT2D eigenvalue weighted by Crippen LogP contribution is 2.07. The first-order chi connectivity index (χ1) is 5.66. The van der Waals surface area contributed by atoms with E-state index in [4.69, 9.17) is 5.11 Å². The van der Waals surface area contributed by atoms with Gasteiger partial charge in [-0.15, -0.1) is 0 Å². The van der Waals surface area contributed by atoms with Gasteiger partial charge in [-0.3, -0.25) is 4.79 Å². The van der Waals surface area contributed by atoms with Crippen LogP contribution in [0, 0.1) is 0 Å². The number of aromatic nitrogens is 1. The number of hydrogen-bond donors (Lipinski definition) is 2. The molecule has 1 aromatic heterocycles. The van der Waals surface area contributed by atoms with Gasteiger partial charge in [-0.05, 0) is 0 Å². The van der Waals surface area contributed by atoms with Crippen LogP contribution in [0.5, 0.6) is 5.88 Å². The Morgan fingerprint density at radius 3 is 2.75 bits per heavy atom. The molecule has 5 heteroatoms. The number of aromatic carboxylic acids is 1. The zero-order valence-electron chi connectivity index (χ0n) is 6.33. The summed E-state index contributed by atoms with van der Waals surface area (Å²) in [7, 11) is 1.29. The summed E-state index contributed by atoms with van der Waals surface area (Å²) in [6.45, 7) is 0. The number of H-pyrrole nitrogens is 1. The zero-order valence-corrected chi connectivity index (χ0v) is 6.33. The van der Waals surface area contributed by atoms with Crippen LogP contribution in [0.25, 0.3) is 0 Å². The average Bonchev–Trinajstić information content (AvgIpc) is 2.03. The molecule has 0 spiro atoms. The van der Waals surface area contributed by atoms with E-state index >= 15 is 0 Å². The summed E-state index contributed by atoms with van der Waals surface area (Å²) in [4.78, 5) is 24.0. The lowest BCUT2D eigenvalue weighted by Crippen LogP contribution is -2.15. The minimum absolute atomic E-state index is 0.0324. The van der Waals surface area contributed by atoms with Gasteiger partial charge in [-0.1, -0.05) is 0 Å². The largest absolute Gasteiger partial charge is 0.482 e.